The number of aromatic nitrogens is 1. The molecule has 2 aliphatic carbocycles. The van der Waals surface area contributed by atoms with Gasteiger partial charge in [-0.3, -0.25) is 0 Å². The van der Waals surface area contributed by atoms with Gasteiger partial charge in [0.25, 0.3) is 0 Å². The SMILES string of the molecule is Cc1[nH]c2ccccc2c1C1=Cc2ccccc2C1(C)C1CC1. The molecule has 0 bridgehead atoms. The summed E-state index contributed by atoms with van der Waals surface area (Å²) < 4.78 is 0. The van der Waals surface area contributed by atoms with E-state index in [2.05, 4.69) is 73.4 Å². The van der Waals surface area contributed by atoms with Gasteiger partial charge in [0.05, 0.1) is 0 Å². The van der Waals surface area contributed by atoms with E-state index in [9.17, 15) is 0 Å². The smallest absolute Gasteiger partial charge is 0.0462 e. The van der Waals surface area contributed by atoms with Crippen LogP contribution in [0.5, 0.6) is 0 Å². The number of fused-ring (bicyclic) bond motifs is 2. The molecular weight excluding hydrogens is 278 g/mol. The average Bonchev–Trinajstić information content (AvgIpc) is 3.31. The first-order valence-electron chi connectivity index (χ1n) is 8.59. The minimum Gasteiger partial charge on any atom is -0.358 e. The third-order valence-corrected chi connectivity index (χ3v) is 5.94. The van der Waals surface area contributed by atoms with Gasteiger partial charge in [-0.1, -0.05) is 49.4 Å². The second-order valence-corrected chi connectivity index (χ2v) is 7.29. The Morgan fingerprint density at radius 1 is 1.00 bits per heavy atom. The minimum atomic E-state index is 0.159. The third-order valence-electron chi connectivity index (χ3n) is 5.94. The maximum absolute atomic E-state index is 3.59. The van der Waals surface area contributed by atoms with Crippen molar-refractivity contribution in [3.05, 3.63) is 70.9 Å². The van der Waals surface area contributed by atoms with Crippen molar-refractivity contribution in [3.63, 3.8) is 0 Å². The molecular formula is C22H21N. The van der Waals surface area contributed by atoms with Gasteiger partial charge >= 0.3 is 0 Å². The average molecular weight is 299 g/mol. The molecule has 0 spiro atoms. The van der Waals surface area contributed by atoms with E-state index in [4.69, 9.17) is 0 Å². The number of para-hydroxylation sites is 1. The van der Waals surface area contributed by atoms with Crippen molar-refractivity contribution in [2.45, 2.75) is 32.1 Å². The van der Waals surface area contributed by atoms with Crippen LogP contribution in [0.3, 0.4) is 0 Å². The summed E-state index contributed by atoms with van der Waals surface area (Å²) in [6.07, 6.45) is 5.14. The van der Waals surface area contributed by atoms with Crippen LogP contribution in [0.25, 0.3) is 22.6 Å². The first kappa shape index (κ1) is 13.2. The molecule has 0 saturated heterocycles. The molecule has 3 aromatic rings. The molecule has 1 fully saturated rings. The van der Waals surface area contributed by atoms with Gasteiger partial charge in [-0.15, -0.1) is 0 Å². The van der Waals surface area contributed by atoms with Gasteiger partial charge in [0.2, 0.25) is 0 Å². The van der Waals surface area contributed by atoms with Crippen molar-refractivity contribution in [1.82, 2.24) is 4.98 Å². The Hall–Kier alpha value is -2.28. The largest absolute Gasteiger partial charge is 0.358 e. The highest BCUT2D eigenvalue weighted by atomic mass is 14.7. The Labute approximate surface area is 137 Å². The van der Waals surface area contributed by atoms with E-state index in [1.807, 2.05) is 0 Å². The van der Waals surface area contributed by atoms with Crippen molar-refractivity contribution in [2.24, 2.45) is 5.92 Å². The van der Waals surface area contributed by atoms with E-state index in [1.54, 1.807) is 0 Å². The Morgan fingerprint density at radius 3 is 2.57 bits per heavy atom. The number of aromatic amines is 1. The molecule has 0 radical (unpaired) electrons. The van der Waals surface area contributed by atoms with Crippen LogP contribution in [-0.2, 0) is 5.41 Å². The number of aryl methyl sites for hydroxylation is 1. The molecule has 1 atom stereocenters. The molecule has 1 saturated carbocycles. The highest BCUT2D eigenvalue weighted by molar-refractivity contribution is 6.04. The molecule has 2 aliphatic rings. The quantitative estimate of drug-likeness (QED) is 0.625. The molecule has 0 amide bonds. The molecule has 0 aliphatic heterocycles. The number of hydrogen-bond acceptors (Lipinski definition) is 0. The topological polar surface area (TPSA) is 15.8 Å². The molecule has 1 heteroatoms. The van der Waals surface area contributed by atoms with Gasteiger partial charge in [0.15, 0.2) is 0 Å². The lowest BCUT2D eigenvalue weighted by atomic mass is 9.72. The van der Waals surface area contributed by atoms with Crippen LogP contribution in [0.2, 0.25) is 0 Å². The van der Waals surface area contributed by atoms with Crippen LogP contribution in [-0.4, -0.2) is 4.98 Å². The number of nitrogens with one attached hydrogen (secondary N) is 1. The standard InChI is InChI=1S/C22H21N/c1-14-21(17-8-4-6-10-20(17)23-14)19-13-15-7-3-5-9-18(15)22(19,2)16-11-12-16/h3-10,13,16,23H,11-12H2,1-2H3. The summed E-state index contributed by atoms with van der Waals surface area (Å²) in [6.45, 7) is 4.68. The second-order valence-electron chi connectivity index (χ2n) is 7.29. The number of hydrogen-bond donors (Lipinski definition) is 1. The lowest BCUT2D eigenvalue weighted by Crippen LogP contribution is -2.24. The van der Waals surface area contributed by atoms with Crippen LogP contribution in [0.1, 0.15) is 42.1 Å². The second kappa shape index (κ2) is 4.38. The Balaban J connectivity index is 1.81. The predicted molar refractivity (Wildman–Crippen MR) is 97.4 cm³/mol. The molecule has 1 N–H and O–H groups in total. The number of H-pyrrole nitrogens is 1. The summed E-state index contributed by atoms with van der Waals surface area (Å²) in [4.78, 5) is 3.59. The van der Waals surface area contributed by atoms with Gasteiger partial charge < -0.3 is 4.98 Å². The van der Waals surface area contributed by atoms with E-state index >= 15 is 0 Å². The van der Waals surface area contributed by atoms with Crippen molar-refractivity contribution in [1.29, 1.82) is 0 Å². The van der Waals surface area contributed by atoms with E-state index in [0.29, 0.717) is 0 Å². The summed E-state index contributed by atoms with van der Waals surface area (Å²) in [5, 5.41) is 1.36. The lowest BCUT2D eigenvalue weighted by Gasteiger charge is -2.30. The molecule has 23 heavy (non-hydrogen) atoms. The number of benzene rings is 2. The van der Waals surface area contributed by atoms with Crippen LogP contribution in [0.4, 0.5) is 0 Å². The van der Waals surface area contributed by atoms with Gasteiger partial charge in [-0.25, -0.2) is 0 Å². The van der Waals surface area contributed by atoms with E-state index in [1.165, 1.54) is 51.7 Å². The van der Waals surface area contributed by atoms with E-state index in [0.717, 1.165) is 5.92 Å². The molecule has 5 rings (SSSR count). The van der Waals surface area contributed by atoms with Crippen LogP contribution in [0.15, 0.2) is 48.5 Å². The summed E-state index contributed by atoms with van der Waals surface area (Å²) in [7, 11) is 0. The van der Waals surface area contributed by atoms with Crippen LogP contribution < -0.4 is 0 Å². The molecule has 1 nitrogen and oxygen atoms in total. The highest BCUT2D eigenvalue weighted by Gasteiger charge is 2.49. The normalized spacial score (nSPS) is 23.1. The first-order valence-corrected chi connectivity index (χ1v) is 8.59. The van der Waals surface area contributed by atoms with Gasteiger partial charge in [-0.05, 0) is 54.5 Å². The monoisotopic (exact) mass is 299 g/mol. The molecule has 2 aromatic carbocycles. The van der Waals surface area contributed by atoms with E-state index < -0.39 is 0 Å². The molecule has 1 aromatic heterocycles. The fourth-order valence-electron chi connectivity index (χ4n) is 4.60. The third kappa shape index (κ3) is 1.68. The fraction of sp³-hybridized carbons (Fsp3) is 0.273. The number of allylic oxidation sites excluding steroid dienone is 1. The molecule has 1 unspecified atom stereocenters. The predicted octanol–water partition coefficient (Wildman–Crippen LogP) is 5.70. The van der Waals surface area contributed by atoms with Crippen LogP contribution >= 0.6 is 0 Å². The summed E-state index contributed by atoms with van der Waals surface area (Å²) >= 11 is 0. The molecule has 114 valence electrons. The van der Waals surface area contributed by atoms with Crippen molar-refractivity contribution in [3.8, 4) is 0 Å². The zero-order valence-electron chi connectivity index (χ0n) is 13.7. The van der Waals surface area contributed by atoms with Crippen molar-refractivity contribution < 1.29 is 0 Å². The maximum Gasteiger partial charge on any atom is 0.0462 e. The molecule has 1 heterocycles. The number of rotatable bonds is 2. The first-order chi connectivity index (χ1) is 11.2. The zero-order chi connectivity index (χ0) is 15.6. The van der Waals surface area contributed by atoms with E-state index in [-0.39, 0.29) is 5.41 Å². The lowest BCUT2D eigenvalue weighted by molar-refractivity contribution is 0.540. The summed E-state index contributed by atoms with van der Waals surface area (Å²) in [5.41, 5.74) is 8.55. The van der Waals surface area contributed by atoms with Crippen molar-refractivity contribution in [2.75, 3.05) is 0 Å². The Bertz CT molecular complexity index is 955. The van der Waals surface area contributed by atoms with Gasteiger partial charge in [-0.2, -0.15) is 0 Å². The zero-order valence-corrected chi connectivity index (χ0v) is 13.7. The Morgan fingerprint density at radius 2 is 1.74 bits per heavy atom. The van der Waals surface area contributed by atoms with Gasteiger partial charge in [0, 0.05) is 27.6 Å². The van der Waals surface area contributed by atoms with Gasteiger partial charge in [0.1, 0.15) is 0 Å². The highest BCUT2D eigenvalue weighted by Crippen LogP contribution is 2.59. The van der Waals surface area contributed by atoms with Crippen LogP contribution in [0, 0.1) is 12.8 Å². The van der Waals surface area contributed by atoms with Crippen molar-refractivity contribution >= 4 is 22.6 Å². The minimum absolute atomic E-state index is 0.159. The maximum atomic E-state index is 3.59. The summed E-state index contributed by atoms with van der Waals surface area (Å²) in [5.74, 6) is 0.783. The fourth-order valence-corrected chi connectivity index (χ4v) is 4.60. The Kier molecular flexibility index (Phi) is 2.51. The summed E-state index contributed by atoms with van der Waals surface area (Å²) in [6, 6.07) is 17.7.